The fraction of sp³-hybridized carbons (Fsp3) is 0.636. The van der Waals surface area contributed by atoms with E-state index in [1.54, 1.807) is 6.20 Å². The third-order valence-corrected chi connectivity index (χ3v) is 2.53. The van der Waals surface area contributed by atoms with Crippen LogP contribution in [-0.2, 0) is 0 Å². The number of nitrogen functional groups attached to an aromatic ring is 1. The molecule has 17 heavy (non-hydrogen) atoms. The molecule has 0 aliphatic heterocycles. The summed E-state index contributed by atoms with van der Waals surface area (Å²) in [5.41, 5.74) is 3.52. The number of anilines is 2. The quantitative estimate of drug-likeness (QED) is 0.554. The van der Waals surface area contributed by atoms with Crippen LogP contribution in [0.15, 0.2) is 6.20 Å². The maximum Gasteiger partial charge on any atom is 0.239 e. The van der Waals surface area contributed by atoms with Gasteiger partial charge in [-0.1, -0.05) is 0 Å². The summed E-state index contributed by atoms with van der Waals surface area (Å²) in [5.74, 6) is 6.68. The zero-order valence-electron chi connectivity index (χ0n) is 11.1. The van der Waals surface area contributed by atoms with E-state index in [-0.39, 0.29) is 0 Å². The second-order valence-electron chi connectivity index (χ2n) is 4.42. The largest absolute Gasteiger partial charge is 0.359 e. The number of rotatable bonds is 6. The topological polar surface area (TPSA) is 70.3 Å². The molecular formula is C11H22N6. The maximum atomic E-state index is 5.31. The molecule has 1 aromatic heterocycles. The lowest BCUT2D eigenvalue weighted by Gasteiger charge is -2.21. The normalized spacial score (nSPS) is 10.7. The minimum atomic E-state index is 0.449. The number of aryl methyl sites for hydroxylation is 1. The van der Waals surface area contributed by atoms with Gasteiger partial charge in [-0.15, -0.1) is 0 Å². The Hall–Kier alpha value is -1.40. The van der Waals surface area contributed by atoms with E-state index in [4.69, 9.17) is 5.84 Å². The van der Waals surface area contributed by atoms with Gasteiger partial charge in [0.1, 0.15) is 5.82 Å². The summed E-state index contributed by atoms with van der Waals surface area (Å²) in [6.07, 6.45) is 2.87. The minimum absolute atomic E-state index is 0.449. The van der Waals surface area contributed by atoms with Crippen LogP contribution in [0.3, 0.4) is 0 Å². The fourth-order valence-electron chi connectivity index (χ4n) is 1.62. The highest BCUT2D eigenvalue weighted by atomic mass is 15.3. The van der Waals surface area contributed by atoms with Crippen LogP contribution in [0.25, 0.3) is 0 Å². The third-order valence-electron chi connectivity index (χ3n) is 2.53. The van der Waals surface area contributed by atoms with E-state index in [0.29, 0.717) is 5.95 Å². The predicted octanol–water partition coefficient (Wildman–Crippen LogP) is 0.459. The van der Waals surface area contributed by atoms with Crippen LogP contribution in [-0.4, -0.2) is 49.1 Å². The Kier molecular flexibility index (Phi) is 5.11. The van der Waals surface area contributed by atoms with Crippen LogP contribution >= 0.6 is 0 Å². The molecule has 0 bridgehead atoms. The van der Waals surface area contributed by atoms with Crippen LogP contribution in [0.4, 0.5) is 11.8 Å². The molecule has 6 nitrogen and oxygen atoms in total. The molecule has 1 aromatic rings. The summed E-state index contributed by atoms with van der Waals surface area (Å²) in [6.45, 7) is 4.02. The van der Waals surface area contributed by atoms with Crippen molar-refractivity contribution in [1.82, 2.24) is 14.9 Å². The van der Waals surface area contributed by atoms with Gasteiger partial charge in [0, 0.05) is 25.4 Å². The number of hydrazine groups is 1. The Labute approximate surface area is 103 Å². The molecule has 0 unspecified atom stereocenters. The van der Waals surface area contributed by atoms with Gasteiger partial charge in [-0.3, -0.25) is 5.43 Å². The van der Waals surface area contributed by atoms with E-state index in [1.807, 2.05) is 14.0 Å². The van der Waals surface area contributed by atoms with E-state index >= 15 is 0 Å². The number of aromatic nitrogens is 2. The van der Waals surface area contributed by atoms with Gasteiger partial charge in [-0.05, 0) is 34.0 Å². The average molecular weight is 238 g/mol. The summed E-state index contributed by atoms with van der Waals surface area (Å²) in [5, 5.41) is 0. The van der Waals surface area contributed by atoms with E-state index in [0.717, 1.165) is 30.9 Å². The van der Waals surface area contributed by atoms with Gasteiger partial charge >= 0.3 is 0 Å². The van der Waals surface area contributed by atoms with Gasteiger partial charge in [0.2, 0.25) is 5.95 Å². The van der Waals surface area contributed by atoms with Crippen LogP contribution < -0.4 is 16.2 Å². The van der Waals surface area contributed by atoms with Crippen LogP contribution in [0.5, 0.6) is 0 Å². The lowest BCUT2D eigenvalue weighted by Crippen LogP contribution is -2.25. The van der Waals surface area contributed by atoms with Crippen molar-refractivity contribution in [2.75, 3.05) is 44.6 Å². The predicted molar refractivity (Wildman–Crippen MR) is 71.0 cm³/mol. The first-order chi connectivity index (χ1) is 8.04. The molecule has 0 fully saturated rings. The molecule has 0 radical (unpaired) electrons. The van der Waals surface area contributed by atoms with Crippen molar-refractivity contribution in [3.8, 4) is 0 Å². The van der Waals surface area contributed by atoms with Gasteiger partial charge in [-0.25, -0.2) is 10.8 Å². The van der Waals surface area contributed by atoms with Crippen molar-refractivity contribution in [1.29, 1.82) is 0 Å². The van der Waals surface area contributed by atoms with Gasteiger partial charge < -0.3 is 9.80 Å². The molecule has 1 rings (SSSR count). The van der Waals surface area contributed by atoms with Crippen molar-refractivity contribution in [3.63, 3.8) is 0 Å². The Morgan fingerprint density at radius 2 is 2.00 bits per heavy atom. The number of nitrogens with one attached hydrogen (secondary N) is 1. The van der Waals surface area contributed by atoms with E-state index in [1.165, 1.54) is 0 Å². The standard InChI is InChI=1S/C11H22N6/c1-9-8-13-11(15-12)14-10(9)17(4)7-5-6-16(2)3/h8H,5-7,12H2,1-4H3,(H,13,14,15). The molecule has 0 saturated carbocycles. The molecule has 0 atom stereocenters. The van der Waals surface area contributed by atoms with Crippen molar-refractivity contribution >= 4 is 11.8 Å². The zero-order chi connectivity index (χ0) is 12.8. The van der Waals surface area contributed by atoms with Gasteiger partial charge in [0.15, 0.2) is 0 Å². The lowest BCUT2D eigenvalue weighted by molar-refractivity contribution is 0.401. The molecule has 0 aliphatic rings. The second kappa shape index (κ2) is 6.36. The van der Waals surface area contributed by atoms with Crippen molar-refractivity contribution < 1.29 is 0 Å². The Bertz CT molecular complexity index is 352. The number of hydrogen-bond acceptors (Lipinski definition) is 6. The number of nitrogens with zero attached hydrogens (tertiary/aromatic N) is 4. The summed E-state index contributed by atoms with van der Waals surface area (Å²) >= 11 is 0. The highest BCUT2D eigenvalue weighted by molar-refractivity contribution is 5.47. The molecule has 0 aromatic carbocycles. The van der Waals surface area contributed by atoms with Gasteiger partial charge in [0.05, 0.1) is 0 Å². The minimum Gasteiger partial charge on any atom is -0.359 e. The molecule has 0 spiro atoms. The first kappa shape index (κ1) is 13.7. The first-order valence-corrected chi connectivity index (χ1v) is 5.70. The van der Waals surface area contributed by atoms with E-state index in [9.17, 15) is 0 Å². The van der Waals surface area contributed by atoms with Crippen LogP contribution in [0.2, 0.25) is 0 Å². The maximum absolute atomic E-state index is 5.31. The average Bonchev–Trinajstić information content (AvgIpc) is 2.29. The monoisotopic (exact) mass is 238 g/mol. The Morgan fingerprint density at radius 1 is 1.29 bits per heavy atom. The zero-order valence-corrected chi connectivity index (χ0v) is 11.1. The van der Waals surface area contributed by atoms with Crippen LogP contribution in [0, 0.1) is 6.92 Å². The number of nitrogens with two attached hydrogens (primary N) is 1. The van der Waals surface area contributed by atoms with Crippen LogP contribution in [0.1, 0.15) is 12.0 Å². The highest BCUT2D eigenvalue weighted by Crippen LogP contribution is 2.16. The molecule has 3 N–H and O–H groups in total. The first-order valence-electron chi connectivity index (χ1n) is 5.70. The molecule has 96 valence electrons. The molecular weight excluding hydrogens is 216 g/mol. The number of hydrogen-bond donors (Lipinski definition) is 2. The van der Waals surface area contributed by atoms with Crippen molar-refractivity contribution in [2.24, 2.45) is 5.84 Å². The second-order valence-corrected chi connectivity index (χ2v) is 4.42. The molecule has 0 aliphatic carbocycles. The summed E-state index contributed by atoms with van der Waals surface area (Å²) < 4.78 is 0. The Morgan fingerprint density at radius 3 is 2.59 bits per heavy atom. The molecule has 6 heteroatoms. The van der Waals surface area contributed by atoms with Crippen molar-refractivity contribution in [3.05, 3.63) is 11.8 Å². The summed E-state index contributed by atoms with van der Waals surface area (Å²) in [4.78, 5) is 12.7. The van der Waals surface area contributed by atoms with Gasteiger partial charge in [-0.2, -0.15) is 4.98 Å². The fourth-order valence-corrected chi connectivity index (χ4v) is 1.62. The molecule has 1 heterocycles. The summed E-state index contributed by atoms with van der Waals surface area (Å²) in [7, 11) is 6.18. The molecule has 0 amide bonds. The molecule has 0 saturated heterocycles. The van der Waals surface area contributed by atoms with Gasteiger partial charge in [0.25, 0.3) is 0 Å². The van der Waals surface area contributed by atoms with E-state index in [2.05, 4.69) is 39.3 Å². The summed E-state index contributed by atoms with van der Waals surface area (Å²) in [6, 6.07) is 0. The SMILES string of the molecule is Cc1cnc(NN)nc1N(C)CCCN(C)C. The third kappa shape index (κ3) is 4.16. The Balaban J connectivity index is 2.64. The lowest BCUT2D eigenvalue weighted by atomic mass is 10.3. The highest BCUT2D eigenvalue weighted by Gasteiger charge is 2.08. The smallest absolute Gasteiger partial charge is 0.239 e. The van der Waals surface area contributed by atoms with E-state index < -0.39 is 0 Å². The van der Waals surface area contributed by atoms with Crippen molar-refractivity contribution in [2.45, 2.75) is 13.3 Å².